The van der Waals surface area contributed by atoms with Gasteiger partial charge in [-0.05, 0) is 33.0 Å². The molecule has 1 aromatic carbocycles. The van der Waals surface area contributed by atoms with Gasteiger partial charge in [0.2, 0.25) is 0 Å². The highest BCUT2D eigenvalue weighted by Gasteiger charge is 2.50. The van der Waals surface area contributed by atoms with Gasteiger partial charge in [-0.2, -0.15) is 18.3 Å². The maximum Gasteiger partial charge on any atom is 0.419 e. The SMILES string of the molecule is Cc1nnc(N[C@H](C)c2cccc(C(F)(F)F)c2F)c2cc(N3CC4(CN(C)C4)C3)ncc12. The van der Waals surface area contributed by atoms with Crippen LogP contribution in [0.2, 0.25) is 0 Å². The Bertz CT molecular complexity index is 1210. The van der Waals surface area contributed by atoms with E-state index < -0.39 is 23.6 Å². The number of pyridine rings is 1. The number of anilines is 2. The highest BCUT2D eigenvalue weighted by molar-refractivity contribution is 5.94. The largest absolute Gasteiger partial charge is 0.419 e. The molecular weight excluding hydrogens is 436 g/mol. The smallest absolute Gasteiger partial charge is 0.361 e. The lowest BCUT2D eigenvalue weighted by Crippen LogP contribution is -2.71. The van der Waals surface area contributed by atoms with Crippen molar-refractivity contribution in [3.05, 3.63) is 53.1 Å². The fourth-order valence-electron chi connectivity index (χ4n) is 5.05. The van der Waals surface area contributed by atoms with E-state index in [0.717, 1.165) is 48.8 Å². The van der Waals surface area contributed by atoms with Gasteiger partial charge in [0, 0.05) is 54.1 Å². The number of fused-ring (bicyclic) bond motifs is 1. The summed E-state index contributed by atoms with van der Waals surface area (Å²) in [6.07, 6.45) is -3.02. The quantitative estimate of drug-likeness (QED) is 0.582. The van der Waals surface area contributed by atoms with Gasteiger partial charge < -0.3 is 15.1 Å². The predicted octanol–water partition coefficient (Wildman–Crippen LogP) is 4.42. The first-order valence-corrected chi connectivity index (χ1v) is 10.7. The first-order chi connectivity index (χ1) is 15.6. The first kappa shape index (κ1) is 21.8. The molecule has 10 heteroatoms. The van der Waals surface area contributed by atoms with E-state index in [0.29, 0.717) is 16.9 Å². The molecule has 174 valence electrons. The molecule has 0 aliphatic carbocycles. The number of alkyl halides is 3. The summed E-state index contributed by atoms with van der Waals surface area (Å²) in [5.74, 6) is -0.0914. The number of nitrogens with zero attached hydrogens (tertiary/aromatic N) is 5. The number of hydrogen-bond donors (Lipinski definition) is 1. The normalized spacial score (nSPS) is 18.8. The molecule has 2 aromatic heterocycles. The second kappa shape index (κ2) is 7.51. The van der Waals surface area contributed by atoms with Gasteiger partial charge in [0.05, 0.1) is 17.3 Å². The second-order valence-electron chi connectivity index (χ2n) is 9.32. The van der Waals surface area contributed by atoms with Crippen molar-refractivity contribution in [3.63, 3.8) is 0 Å². The Labute approximate surface area is 188 Å². The highest BCUT2D eigenvalue weighted by atomic mass is 19.4. The van der Waals surface area contributed by atoms with Crippen LogP contribution in [-0.4, -0.2) is 53.3 Å². The van der Waals surface area contributed by atoms with E-state index in [4.69, 9.17) is 0 Å². The summed E-state index contributed by atoms with van der Waals surface area (Å²) in [5, 5.41) is 13.0. The number of halogens is 4. The molecular formula is C23H24F4N6. The van der Waals surface area contributed by atoms with Gasteiger partial charge in [-0.1, -0.05) is 12.1 Å². The summed E-state index contributed by atoms with van der Waals surface area (Å²) >= 11 is 0. The van der Waals surface area contributed by atoms with Crippen LogP contribution in [0, 0.1) is 18.2 Å². The van der Waals surface area contributed by atoms with Crippen LogP contribution < -0.4 is 10.2 Å². The number of aromatic nitrogens is 3. The Hall–Kier alpha value is -3.01. The van der Waals surface area contributed by atoms with Crippen LogP contribution in [-0.2, 0) is 6.18 Å². The lowest BCUT2D eigenvalue weighted by Gasteiger charge is -2.59. The van der Waals surface area contributed by atoms with Gasteiger partial charge >= 0.3 is 6.18 Å². The van der Waals surface area contributed by atoms with Gasteiger partial charge in [0.25, 0.3) is 0 Å². The van der Waals surface area contributed by atoms with Crippen LogP contribution in [0.5, 0.6) is 0 Å². The molecule has 3 aromatic rings. The van der Waals surface area contributed by atoms with Gasteiger partial charge in [0.1, 0.15) is 11.6 Å². The second-order valence-corrected chi connectivity index (χ2v) is 9.32. The number of hydrogen-bond acceptors (Lipinski definition) is 6. The molecule has 5 rings (SSSR count). The third-order valence-electron chi connectivity index (χ3n) is 6.58. The Morgan fingerprint density at radius 2 is 1.82 bits per heavy atom. The zero-order chi connectivity index (χ0) is 23.5. The van der Waals surface area contributed by atoms with E-state index in [1.807, 2.05) is 13.0 Å². The third kappa shape index (κ3) is 3.76. The Balaban J connectivity index is 1.44. The molecule has 2 fully saturated rings. The minimum atomic E-state index is -4.76. The lowest BCUT2D eigenvalue weighted by atomic mass is 9.73. The highest BCUT2D eigenvalue weighted by Crippen LogP contribution is 2.41. The molecule has 2 saturated heterocycles. The molecule has 0 saturated carbocycles. The molecule has 33 heavy (non-hydrogen) atoms. The number of nitrogens with one attached hydrogen (secondary N) is 1. The predicted molar refractivity (Wildman–Crippen MR) is 118 cm³/mol. The van der Waals surface area contributed by atoms with Gasteiger partial charge in [-0.15, -0.1) is 5.10 Å². The van der Waals surface area contributed by atoms with Crippen LogP contribution in [0.15, 0.2) is 30.5 Å². The molecule has 0 radical (unpaired) electrons. The monoisotopic (exact) mass is 460 g/mol. The summed E-state index contributed by atoms with van der Waals surface area (Å²) in [4.78, 5) is 9.10. The van der Waals surface area contributed by atoms with Crippen molar-refractivity contribution < 1.29 is 17.6 Å². The summed E-state index contributed by atoms with van der Waals surface area (Å²) < 4.78 is 54.1. The van der Waals surface area contributed by atoms with Crippen molar-refractivity contribution in [1.29, 1.82) is 0 Å². The van der Waals surface area contributed by atoms with E-state index in [2.05, 4.69) is 37.3 Å². The molecule has 6 nitrogen and oxygen atoms in total. The zero-order valence-corrected chi connectivity index (χ0v) is 18.5. The number of benzene rings is 1. The van der Waals surface area contributed by atoms with Crippen molar-refractivity contribution in [2.24, 2.45) is 5.41 Å². The summed E-state index contributed by atoms with van der Waals surface area (Å²) in [5.41, 5.74) is -0.344. The molecule has 0 bridgehead atoms. The van der Waals surface area contributed by atoms with Gasteiger partial charge in [-0.25, -0.2) is 9.37 Å². The van der Waals surface area contributed by atoms with Crippen LogP contribution in [0.25, 0.3) is 10.8 Å². The fourth-order valence-corrected chi connectivity index (χ4v) is 5.05. The van der Waals surface area contributed by atoms with E-state index in [1.54, 1.807) is 13.1 Å². The lowest BCUT2D eigenvalue weighted by molar-refractivity contribution is -0.140. The molecule has 1 spiro atoms. The van der Waals surface area contributed by atoms with E-state index in [1.165, 1.54) is 12.1 Å². The molecule has 0 amide bonds. The molecule has 4 heterocycles. The maximum atomic E-state index is 14.6. The van der Waals surface area contributed by atoms with Crippen molar-refractivity contribution in [3.8, 4) is 0 Å². The Morgan fingerprint density at radius 1 is 1.09 bits per heavy atom. The number of rotatable bonds is 4. The molecule has 1 N–H and O–H groups in total. The number of likely N-dealkylation sites (tertiary alicyclic amines) is 1. The molecule has 0 unspecified atom stereocenters. The molecule has 1 atom stereocenters. The van der Waals surface area contributed by atoms with Crippen molar-refractivity contribution in [1.82, 2.24) is 20.1 Å². The average molecular weight is 460 g/mol. The Morgan fingerprint density at radius 3 is 2.48 bits per heavy atom. The fraction of sp³-hybridized carbons (Fsp3) is 0.435. The van der Waals surface area contributed by atoms with Crippen molar-refractivity contribution in [2.75, 3.05) is 43.4 Å². The topological polar surface area (TPSA) is 57.2 Å². The molecule has 2 aliphatic heterocycles. The minimum absolute atomic E-state index is 0.0894. The van der Waals surface area contributed by atoms with Gasteiger partial charge in [0.15, 0.2) is 5.82 Å². The maximum absolute atomic E-state index is 14.6. The standard InChI is InChI=1S/C23H24F4N6/c1-13(15-5-4-6-18(20(15)24)23(25,26)27)29-21-16-7-19(28-8-17(16)14(2)30-31-21)33-11-22(12-33)9-32(3)10-22/h4-8,13H,9-12H2,1-3H3,(H,29,31)/t13-/m1/s1. The van der Waals surface area contributed by atoms with Crippen LogP contribution in [0.1, 0.15) is 29.8 Å². The van der Waals surface area contributed by atoms with Crippen molar-refractivity contribution in [2.45, 2.75) is 26.1 Å². The average Bonchev–Trinajstić information content (AvgIpc) is 2.70. The Kier molecular flexibility index (Phi) is 4.97. The van der Waals surface area contributed by atoms with E-state index in [9.17, 15) is 17.6 Å². The van der Waals surface area contributed by atoms with Gasteiger partial charge in [-0.3, -0.25) is 0 Å². The zero-order valence-electron chi connectivity index (χ0n) is 18.5. The minimum Gasteiger partial charge on any atom is -0.361 e. The van der Waals surface area contributed by atoms with Crippen LogP contribution in [0.3, 0.4) is 0 Å². The van der Waals surface area contributed by atoms with Crippen molar-refractivity contribution >= 4 is 22.4 Å². The van der Waals surface area contributed by atoms with E-state index >= 15 is 0 Å². The third-order valence-corrected chi connectivity index (χ3v) is 6.58. The first-order valence-electron chi connectivity index (χ1n) is 10.7. The molecule has 2 aliphatic rings. The summed E-state index contributed by atoms with van der Waals surface area (Å²) in [6, 6.07) is 4.45. The summed E-state index contributed by atoms with van der Waals surface area (Å²) in [7, 11) is 2.11. The van der Waals surface area contributed by atoms with Crippen LogP contribution in [0.4, 0.5) is 29.2 Å². The van der Waals surface area contributed by atoms with Crippen LogP contribution >= 0.6 is 0 Å². The van der Waals surface area contributed by atoms with E-state index in [-0.39, 0.29) is 5.56 Å². The number of aryl methyl sites for hydroxylation is 1. The summed E-state index contributed by atoms with van der Waals surface area (Å²) in [6.45, 7) is 7.44.